The van der Waals surface area contributed by atoms with Crippen LogP contribution in [0.2, 0.25) is 0 Å². The van der Waals surface area contributed by atoms with Crippen LogP contribution in [0.3, 0.4) is 0 Å². The molecule has 0 aliphatic heterocycles. The molecule has 1 fully saturated rings. The predicted octanol–water partition coefficient (Wildman–Crippen LogP) is 0.748. The van der Waals surface area contributed by atoms with Crippen molar-refractivity contribution < 1.29 is 9.90 Å². The van der Waals surface area contributed by atoms with E-state index in [0.29, 0.717) is 13.1 Å². The van der Waals surface area contributed by atoms with E-state index in [1.54, 1.807) is 0 Å². The number of rotatable bonds is 5. The Morgan fingerprint density at radius 2 is 2.00 bits per heavy atom. The maximum absolute atomic E-state index is 11.5. The Labute approximate surface area is 98.0 Å². The smallest absolute Gasteiger partial charge is 0.234 e. The number of nitrogens with one attached hydrogen (secondary N) is 1. The first-order valence-electron chi connectivity index (χ1n) is 6.11. The van der Waals surface area contributed by atoms with Crippen molar-refractivity contribution in [3.05, 3.63) is 0 Å². The third kappa shape index (κ3) is 4.49. The van der Waals surface area contributed by atoms with Crippen LogP contribution in [0.15, 0.2) is 0 Å². The minimum absolute atomic E-state index is 0.0269. The molecule has 0 aromatic rings. The van der Waals surface area contributed by atoms with Gasteiger partial charge in [-0.1, -0.05) is 12.8 Å². The summed E-state index contributed by atoms with van der Waals surface area (Å²) in [6.45, 7) is 4.85. The highest BCUT2D eigenvalue weighted by molar-refractivity contribution is 5.78. The van der Waals surface area contributed by atoms with Crippen LogP contribution in [-0.4, -0.2) is 47.7 Å². The first-order valence-corrected chi connectivity index (χ1v) is 6.11. The molecule has 1 amide bonds. The van der Waals surface area contributed by atoms with Crippen LogP contribution in [0.5, 0.6) is 0 Å². The van der Waals surface area contributed by atoms with Crippen molar-refractivity contribution in [2.45, 2.75) is 51.2 Å². The van der Waals surface area contributed by atoms with Crippen molar-refractivity contribution in [3.8, 4) is 0 Å². The Morgan fingerprint density at radius 3 is 2.50 bits per heavy atom. The lowest BCUT2D eigenvalue weighted by molar-refractivity contribution is -0.123. The van der Waals surface area contributed by atoms with E-state index in [-0.39, 0.29) is 11.9 Å². The van der Waals surface area contributed by atoms with Crippen LogP contribution >= 0.6 is 0 Å². The van der Waals surface area contributed by atoms with Gasteiger partial charge in [-0.2, -0.15) is 0 Å². The minimum Gasteiger partial charge on any atom is -0.389 e. The Bertz CT molecular complexity index is 235. The van der Waals surface area contributed by atoms with Gasteiger partial charge in [-0.3, -0.25) is 9.69 Å². The van der Waals surface area contributed by atoms with Crippen molar-refractivity contribution in [3.63, 3.8) is 0 Å². The summed E-state index contributed by atoms with van der Waals surface area (Å²) < 4.78 is 0. The summed E-state index contributed by atoms with van der Waals surface area (Å²) in [5, 5.41) is 13.0. The average molecular weight is 228 g/mol. The average Bonchev–Trinajstić information content (AvgIpc) is 2.48. The molecule has 16 heavy (non-hydrogen) atoms. The van der Waals surface area contributed by atoms with Gasteiger partial charge in [0.15, 0.2) is 0 Å². The molecule has 94 valence electrons. The molecule has 0 atom stereocenters. The zero-order valence-corrected chi connectivity index (χ0v) is 10.6. The fourth-order valence-corrected chi connectivity index (χ4v) is 2.36. The summed E-state index contributed by atoms with van der Waals surface area (Å²) >= 11 is 0. The van der Waals surface area contributed by atoms with Crippen molar-refractivity contribution in [1.82, 2.24) is 10.2 Å². The van der Waals surface area contributed by atoms with E-state index < -0.39 is 5.60 Å². The maximum atomic E-state index is 11.5. The van der Waals surface area contributed by atoms with Gasteiger partial charge >= 0.3 is 0 Å². The van der Waals surface area contributed by atoms with Gasteiger partial charge in [-0.15, -0.1) is 0 Å². The highest BCUT2D eigenvalue weighted by Gasteiger charge is 2.32. The standard InChI is InChI=1S/C12H24N2O2/c1-10(2)13-11(15)8-14(3)9-12(16)6-4-5-7-12/h10,16H,4-9H2,1-3H3,(H,13,15). The van der Waals surface area contributed by atoms with Gasteiger partial charge in [-0.25, -0.2) is 0 Å². The Kier molecular flexibility index (Phi) is 4.74. The SMILES string of the molecule is CC(C)NC(=O)CN(C)CC1(O)CCCC1. The van der Waals surface area contributed by atoms with Gasteiger partial charge < -0.3 is 10.4 Å². The zero-order valence-electron chi connectivity index (χ0n) is 10.6. The molecule has 0 spiro atoms. The van der Waals surface area contributed by atoms with Crippen molar-refractivity contribution in [2.75, 3.05) is 20.1 Å². The first-order chi connectivity index (χ1) is 7.41. The second-order valence-electron chi connectivity index (χ2n) is 5.33. The number of hydrogen-bond donors (Lipinski definition) is 2. The van der Waals surface area contributed by atoms with Crippen LogP contribution < -0.4 is 5.32 Å². The number of hydrogen-bond acceptors (Lipinski definition) is 3. The van der Waals surface area contributed by atoms with Crippen molar-refractivity contribution in [1.29, 1.82) is 0 Å². The van der Waals surface area contributed by atoms with Gasteiger partial charge in [0.25, 0.3) is 0 Å². The van der Waals surface area contributed by atoms with E-state index in [9.17, 15) is 9.90 Å². The van der Waals surface area contributed by atoms with Crippen molar-refractivity contribution in [2.24, 2.45) is 0 Å². The Balaban J connectivity index is 2.29. The highest BCUT2D eigenvalue weighted by atomic mass is 16.3. The number of likely N-dealkylation sites (N-methyl/N-ethyl adjacent to an activating group) is 1. The summed E-state index contributed by atoms with van der Waals surface area (Å²) in [5.41, 5.74) is -0.563. The quantitative estimate of drug-likeness (QED) is 0.730. The minimum atomic E-state index is -0.563. The molecule has 0 bridgehead atoms. The van der Waals surface area contributed by atoms with E-state index in [0.717, 1.165) is 25.7 Å². The number of aliphatic hydroxyl groups is 1. The van der Waals surface area contributed by atoms with Crippen LogP contribution in [0, 0.1) is 0 Å². The molecule has 1 aliphatic rings. The summed E-state index contributed by atoms with van der Waals surface area (Å²) in [6.07, 6.45) is 3.93. The molecule has 1 aliphatic carbocycles. The third-order valence-corrected chi connectivity index (χ3v) is 2.96. The van der Waals surface area contributed by atoms with Gasteiger partial charge in [0.2, 0.25) is 5.91 Å². The number of carbonyl (C=O) groups excluding carboxylic acids is 1. The topological polar surface area (TPSA) is 52.6 Å². The van der Waals surface area contributed by atoms with Gasteiger partial charge in [0.1, 0.15) is 0 Å². The van der Waals surface area contributed by atoms with Crippen LogP contribution in [0.1, 0.15) is 39.5 Å². The van der Waals surface area contributed by atoms with Crippen LogP contribution in [-0.2, 0) is 4.79 Å². The maximum Gasteiger partial charge on any atom is 0.234 e. The lowest BCUT2D eigenvalue weighted by Crippen LogP contribution is -2.44. The van der Waals surface area contributed by atoms with E-state index >= 15 is 0 Å². The normalized spacial score (nSPS) is 19.4. The fourth-order valence-electron chi connectivity index (χ4n) is 2.36. The summed E-state index contributed by atoms with van der Waals surface area (Å²) in [4.78, 5) is 13.4. The van der Waals surface area contributed by atoms with Crippen LogP contribution in [0.25, 0.3) is 0 Å². The summed E-state index contributed by atoms with van der Waals surface area (Å²) in [5.74, 6) is 0.0269. The van der Waals surface area contributed by atoms with E-state index in [1.165, 1.54) is 0 Å². The first kappa shape index (κ1) is 13.5. The molecule has 1 saturated carbocycles. The second kappa shape index (κ2) is 5.64. The molecular formula is C12H24N2O2. The molecule has 0 radical (unpaired) electrons. The number of carbonyl (C=O) groups is 1. The molecule has 0 aromatic carbocycles. The largest absolute Gasteiger partial charge is 0.389 e. The predicted molar refractivity (Wildman–Crippen MR) is 64.2 cm³/mol. The van der Waals surface area contributed by atoms with Gasteiger partial charge in [0, 0.05) is 12.6 Å². The monoisotopic (exact) mass is 228 g/mol. The Hall–Kier alpha value is -0.610. The third-order valence-electron chi connectivity index (χ3n) is 2.96. The molecule has 4 nitrogen and oxygen atoms in total. The lowest BCUT2D eigenvalue weighted by Gasteiger charge is -2.28. The molecule has 0 heterocycles. The zero-order chi connectivity index (χ0) is 12.2. The second-order valence-corrected chi connectivity index (χ2v) is 5.33. The molecule has 4 heteroatoms. The molecule has 0 saturated heterocycles. The fraction of sp³-hybridized carbons (Fsp3) is 0.917. The van der Waals surface area contributed by atoms with Gasteiger partial charge in [0.05, 0.1) is 12.1 Å². The number of nitrogens with zero attached hydrogens (tertiary/aromatic N) is 1. The molecule has 0 unspecified atom stereocenters. The van der Waals surface area contributed by atoms with E-state index in [1.807, 2.05) is 25.8 Å². The molecule has 2 N–H and O–H groups in total. The summed E-state index contributed by atoms with van der Waals surface area (Å²) in [6, 6.07) is 0.176. The van der Waals surface area contributed by atoms with Gasteiger partial charge in [-0.05, 0) is 33.7 Å². The molecule has 0 aromatic heterocycles. The molecule has 1 rings (SSSR count). The number of amides is 1. The van der Waals surface area contributed by atoms with E-state index in [2.05, 4.69) is 5.32 Å². The van der Waals surface area contributed by atoms with Crippen LogP contribution in [0.4, 0.5) is 0 Å². The summed E-state index contributed by atoms with van der Waals surface area (Å²) in [7, 11) is 1.89. The van der Waals surface area contributed by atoms with Crippen molar-refractivity contribution >= 4 is 5.91 Å². The lowest BCUT2D eigenvalue weighted by atomic mass is 10.0. The molecular weight excluding hydrogens is 204 g/mol. The highest BCUT2D eigenvalue weighted by Crippen LogP contribution is 2.29. The Morgan fingerprint density at radius 1 is 1.44 bits per heavy atom. The van der Waals surface area contributed by atoms with E-state index in [4.69, 9.17) is 0 Å².